The summed E-state index contributed by atoms with van der Waals surface area (Å²) < 4.78 is 0. The second kappa shape index (κ2) is 7.45. The van der Waals surface area contributed by atoms with Gasteiger partial charge in [0, 0.05) is 29.6 Å². The van der Waals surface area contributed by atoms with Crippen molar-refractivity contribution in [3.05, 3.63) is 34.4 Å². The second-order valence-electron chi connectivity index (χ2n) is 5.16. The van der Waals surface area contributed by atoms with Crippen molar-refractivity contribution < 1.29 is 9.72 Å². The van der Waals surface area contributed by atoms with Crippen molar-refractivity contribution in [2.75, 3.05) is 12.3 Å². The zero-order valence-electron chi connectivity index (χ0n) is 12.2. The molecule has 2 rings (SSSR count). The van der Waals surface area contributed by atoms with Crippen LogP contribution in [0.5, 0.6) is 0 Å². The van der Waals surface area contributed by atoms with Crippen LogP contribution in [0.4, 0.5) is 5.69 Å². The highest BCUT2D eigenvalue weighted by atomic mass is 32.2. The maximum Gasteiger partial charge on any atom is 0.269 e. The Balaban J connectivity index is 1.88. The predicted octanol–water partition coefficient (Wildman–Crippen LogP) is 3.48. The third-order valence-electron chi connectivity index (χ3n) is 3.84. The number of rotatable bonds is 6. The lowest BCUT2D eigenvalue weighted by Gasteiger charge is -2.27. The standard InChI is InChI=1S/C15H20N2O3S/c1-2-16(12-5-3-4-6-12)15(18)11-21-14-9-7-13(8-10-14)17(19)20/h7-10,12H,2-6,11H2,1H3. The molecule has 1 fully saturated rings. The number of hydrogen-bond acceptors (Lipinski definition) is 4. The lowest BCUT2D eigenvalue weighted by Crippen LogP contribution is -2.39. The molecule has 114 valence electrons. The van der Waals surface area contributed by atoms with Crippen molar-refractivity contribution in [1.82, 2.24) is 4.90 Å². The van der Waals surface area contributed by atoms with Gasteiger partial charge < -0.3 is 4.90 Å². The predicted molar refractivity (Wildman–Crippen MR) is 83.5 cm³/mol. The minimum Gasteiger partial charge on any atom is -0.339 e. The Labute approximate surface area is 128 Å². The quantitative estimate of drug-likeness (QED) is 0.458. The molecule has 1 aliphatic rings. The third-order valence-corrected chi connectivity index (χ3v) is 4.83. The summed E-state index contributed by atoms with van der Waals surface area (Å²) in [5, 5.41) is 10.6. The number of nitro groups is 1. The van der Waals surface area contributed by atoms with Crippen molar-refractivity contribution in [3.8, 4) is 0 Å². The van der Waals surface area contributed by atoms with Gasteiger partial charge in [0.2, 0.25) is 5.91 Å². The van der Waals surface area contributed by atoms with Crippen LogP contribution >= 0.6 is 11.8 Å². The highest BCUT2D eigenvalue weighted by Gasteiger charge is 2.25. The largest absolute Gasteiger partial charge is 0.339 e. The number of nitrogens with zero attached hydrogens (tertiary/aromatic N) is 2. The fraction of sp³-hybridized carbons (Fsp3) is 0.533. The number of carbonyl (C=O) groups excluding carboxylic acids is 1. The van der Waals surface area contributed by atoms with Crippen LogP contribution in [-0.4, -0.2) is 34.1 Å². The first-order valence-electron chi connectivity index (χ1n) is 7.28. The highest BCUT2D eigenvalue weighted by molar-refractivity contribution is 8.00. The monoisotopic (exact) mass is 308 g/mol. The number of amides is 1. The van der Waals surface area contributed by atoms with Gasteiger partial charge in [-0.25, -0.2) is 0 Å². The molecule has 0 radical (unpaired) electrons. The summed E-state index contributed by atoms with van der Waals surface area (Å²) in [6, 6.07) is 6.74. The van der Waals surface area contributed by atoms with E-state index in [1.54, 1.807) is 12.1 Å². The molecule has 1 amide bonds. The van der Waals surface area contributed by atoms with E-state index in [0.717, 1.165) is 24.3 Å². The van der Waals surface area contributed by atoms with Gasteiger partial charge >= 0.3 is 0 Å². The van der Waals surface area contributed by atoms with E-state index in [1.807, 2.05) is 11.8 Å². The first kappa shape index (κ1) is 15.8. The maximum absolute atomic E-state index is 12.3. The lowest BCUT2D eigenvalue weighted by atomic mass is 10.2. The van der Waals surface area contributed by atoms with Crippen molar-refractivity contribution in [2.24, 2.45) is 0 Å². The van der Waals surface area contributed by atoms with Gasteiger partial charge in [0.25, 0.3) is 5.69 Å². The smallest absolute Gasteiger partial charge is 0.269 e. The van der Waals surface area contributed by atoms with Gasteiger partial charge in [-0.05, 0) is 31.9 Å². The molecule has 0 N–H and O–H groups in total. The number of benzene rings is 1. The van der Waals surface area contributed by atoms with Crippen molar-refractivity contribution in [1.29, 1.82) is 0 Å². The molecule has 5 nitrogen and oxygen atoms in total. The number of carbonyl (C=O) groups is 1. The van der Waals surface area contributed by atoms with Crippen LogP contribution in [0.3, 0.4) is 0 Å². The molecule has 6 heteroatoms. The van der Waals surface area contributed by atoms with Crippen LogP contribution in [0.25, 0.3) is 0 Å². The normalized spacial score (nSPS) is 15.1. The average molecular weight is 308 g/mol. The van der Waals surface area contributed by atoms with Crippen LogP contribution in [0.2, 0.25) is 0 Å². The summed E-state index contributed by atoms with van der Waals surface area (Å²) in [6.07, 6.45) is 4.65. The Morgan fingerprint density at radius 3 is 2.48 bits per heavy atom. The molecule has 21 heavy (non-hydrogen) atoms. The topological polar surface area (TPSA) is 63.5 Å². The molecule has 1 aromatic rings. The maximum atomic E-state index is 12.3. The minimum atomic E-state index is -0.418. The van der Waals surface area contributed by atoms with E-state index in [9.17, 15) is 14.9 Å². The number of nitro benzene ring substituents is 1. The van der Waals surface area contributed by atoms with Crippen molar-refractivity contribution in [2.45, 2.75) is 43.5 Å². The van der Waals surface area contributed by atoms with Gasteiger partial charge in [0.05, 0.1) is 10.7 Å². The van der Waals surface area contributed by atoms with Crippen LogP contribution in [-0.2, 0) is 4.79 Å². The molecule has 1 saturated carbocycles. The second-order valence-corrected chi connectivity index (χ2v) is 6.21. The molecule has 0 heterocycles. The molecule has 0 spiro atoms. The molecule has 1 aromatic carbocycles. The zero-order valence-corrected chi connectivity index (χ0v) is 13.0. The molecular formula is C15H20N2O3S. The molecule has 0 bridgehead atoms. The molecule has 0 unspecified atom stereocenters. The Kier molecular flexibility index (Phi) is 5.61. The molecular weight excluding hydrogens is 288 g/mol. The summed E-state index contributed by atoms with van der Waals surface area (Å²) >= 11 is 1.44. The summed E-state index contributed by atoms with van der Waals surface area (Å²) in [7, 11) is 0. The van der Waals surface area contributed by atoms with E-state index in [4.69, 9.17) is 0 Å². The number of thioether (sulfide) groups is 1. The van der Waals surface area contributed by atoms with E-state index in [-0.39, 0.29) is 11.6 Å². The first-order chi connectivity index (χ1) is 10.1. The summed E-state index contributed by atoms with van der Waals surface area (Å²) in [6.45, 7) is 2.77. The van der Waals surface area contributed by atoms with E-state index in [2.05, 4.69) is 0 Å². The van der Waals surface area contributed by atoms with Crippen LogP contribution in [0.15, 0.2) is 29.2 Å². The van der Waals surface area contributed by atoms with Crippen LogP contribution in [0, 0.1) is 10.1 Å². The molecule has 0 atom stereocenters. The van der Waals surface area contributed by atoms with Gasteiger partial charge in [-0.3, -0.25) is 14.9 Å². The average Bonchev–Trinajstić information content (AvgIpc) is 3.00. The Morgan fingerprint density at radius 2 is 1.95 bits per heavy atom. The molecule has 0 aromatic heterocycles. The van der Waals surface area contributed by atoms with E-state index >= 15 is 0 Å². The number of non-ortho nitro benzene ring substituents is 1. The summed E-state index contributed by atoms with van der Waals surface area (Å²) in [5.41, 5.74) is 0.0758. The van der Waals surface area contributed by atoms with Crippen LogP contribution in [0.1, 0.15) is 32.6 Å². The Morgan fingerprint density at radius 1 is 1.33 bits per heavy atom. The summed E-state index contributed by atoms with van der Waals surface area (Å²) in [5.74, 6) is 0.551. The Hall–Kier alpha value is -1.56. The minimum absolute atomic E-state index is 0.0758. The zero-order chi connectivity index (χ0) is 15.2. The summed E-state index contributed by atoms with van der Waals surface area (Å²) in [4.78, 5) is 25.3. The van der Waals surface area contributed by atoms with E-state index < -0.39 is 4.92 Å². The van der Waals surface area contributed by atoms with E-state index in [0.29, 0.717) is 11.8 Å². The SMILES string of the molecule is CCN(C(=O)CSc1ccc([N+](=O)[O-])cc1)C1CCCC1. The highest BCUT2D eigenvalue weighted by Crippen LogP contribution is 2.26. The molecule has 0 aliphatic heterocycles. The lowest BCUT2D eigenvalue weighted by molar-refractivity contribution is -0.384. The molecule has 0 saturated heterocycles. The fourth-order valence-electron chi connectivity index (χ4n) is 2.75. The third kappa shape index (κ3) is 4.20. The van der Waals surface area contributed by atoms with E-state index in [1.165, 1.54) is 36.7 Å². The van der Waals surface area contributed by atoms with Gasteiger partial charge in [-0.1, -0.05) is 12.8 Å². The fourth-order valence-corrected chi connectivity index (χ4v) is 3.53. The van der Waals surface area contributed by atoms with Gasteiger partial charge in [0.1, 0.15) is 0 Å². The van der Waals surface area contributed by atoms with Gasteiger partial charge in [-0.2, -0.15) is 0 Å². The van der Waals surface area contributed by atoms with Crippen LogP contribution < -0.4 is 0 Å². The van der Waals surface area contributed by atoms with Gasteiger partial charge in [-0.15, -0.1) is 11.8 Å². The molecule has 1 aliphatic carbocycles. The number of hydrogen-bond donors (Lipinski definition) is 0. The van der Waals surface area contributed by atoms with Gasteiger partial charge in [0.15, 0.2) is 0 Å². The Bertz CT molecular complexity index is 498. The van der Waals surface area contributed by atoms with Crippen molar-refractivity contribution >= 4 is 23.4 Å². The van der Waals surface area contributed by atoms with Crippen molar-refractivity contribution in [3.63, 3.8) is 0 Å². The first-order valence-corrected chi connectivity index (χ1v) is 8.27.